The molecule has 7 nitrogen and oxygen atoms in total. The van der Waals surface area contributed by atoms with Crippen LogP contribution in [0.3, 0.4) is 0 Å². The van der Waals surface area contributed by atoms with Gasteiger partial charge in [-0.15, -0.1) is 6.58 Å². The number of nitrogens with one attached hydrogen (secondary N) is 1. The molecule has 1 aliphatic rings. The van der Waals surface area contributed by atoms with E-state index in [0.717, 1.165) is 0 Å². The Morgan fingerprint density at radius 3 is 2.69 bits per heavy atom. The molecule has 138 valence electrons. The normalized spacial score (nSPS) is 18.2. The highest BCUT2D eigenvalue weighted by molar-refractivity contribution is 8.15. The third kappa shape index (κ3) is 5.60. The molecule has 1 aromatic rings. The van der Waals surface area contributed by atoms with Crippen LogP contribution in [0.2, 0.25) is 5.02 Å². The lowest BCUT2D eigenvalue weighted by molar-refractivity contribution is -0.137. The number of hydrogen-bond donors (Lipinski definition) is 2. The fourth-order valence-electron chi connectivity index (χ4n) is 2.20. The lowest BCUT2D eigenvalue weighted by atomic mass is 10.2. The lowest BCUT2D eigenvalue weighted by Crippen LogP contribution is -2.35. The number of hydrogen-bond acceptors (Lipinski definition) is 5. The van der Waals surface area contributed by atoms with Crippen LogP contribution < -0.4 is 5.32 Å². The minimum Gasteiger partial charge on any atom is -0.481 e. The first-order valence-electron chi connectivity index (χ1n) is 7.82. The topological polar surface area (TPSA) is 99.1 Å². The fourth-order valence-corrected chi connectivity index (χ4v) is 3.49. The Morgan fingerprint density at radius 1 is 1.38 bits per heavy atom. The summed E-state index contributed by atoms with van der Waals surface area (Å²) in [4.78, 5) is 40.9. The fraction of sp³-hybridized carbons (Fsp3) is 0.294. The SMILES string of the molecule is C=CCN1C(=O)C(CC(=O)NCCC(=O)O)SC1=Nc1ccc(Cl)cc1. The van der Waals surface area contributed by atoms with Crippen LogP contribution in [0.15, 0.2) is 41.9 Å². The molecule has 1 atom stereocenters. The van der Waals surface area contributed by atoms with Crippen molar-refractivity contribution in [3.05, 3.63) is 41.9 Å². The van der Waals surface area contributed by atoms with Gasteiger partial charge in [-0.1, -0.05) is 29.4 Å². The summed E-state index contributed by atoms with van der Waals surface area (Å²) in [5.41, 5.74) is 0.644. The van der Waals surface area contributed by atoms with E-state index in [-0.39, 0.29) is 37.7 Å². The molecule has 1 unspecified atom stereocenters. The molecule has 1 aromatic carbocycles. The summed E-state index contributed by atoms with van der Waals surface area (Å²) in [5.74, 6) is -1.59. The Bertz CT molecular complexity index is 736. The van der Waals surface area contributed by atoms with E-state index in [1.165, 1.54) is 16.7 Å². The van der Waals surface area contributed by atoms with E-state index >= 15 is 0 Å². The van der Waals surface area contributed by atoms with Crippen molar-refractivity contribution in [2.45, 2.75) is 18.1 Å². The smallest absolute Gasteiger partial charge is 0.305 e. The predicted molar refractivity (Wildman–Crippen MR) is 102 cm³/mol. The maximum atomic E-state index is 12.5. The minimum atomic E-state index is -0.994. The Labute approximate surface area is 160 Å². The number of aliphatic imine (C=N–C) groups is 1. The molecule has 1 fully saturated rings. The van der Waals surface area contributed by atoms with Crippen molar-refractivity contribution in [2.24, 2.45) is 4.99 Å². The van der Waals surface area contributed by atoms with E-state index in [1.54, 1.807) is 30.3 Å². The summed E-state index contributed by atoms with van der Waals surface area (Å²) in [6.07, 6.45) is 1.38. The number of amides is 2. The average Bonchev–Trinajstić information content (AvgIpc) is 2.86. The molecular formula is C17H18ClN3O4S. The maximum absolute atomic E-state index is 12.5. The first-order chi connectivity index (χ1) is 12.4. The number of carbonyl (C=O) groups excluding carboxylic acids is 2. The molecule has 2 amide bonds. The second kappa shape index (κ2) is 9.40. The van der Waals surface area contributed by atoms with Crippen LogP contribution in [0.1, 0.15) is 12.8 Å². The van der Waals surface area contributed by atoms with Crippen LogP contribution in [-0.2, 0) is 14.4 Å². The summed E-state index contributed by atoms with van der Waals surface area (Å²) in [5, 5.41) is 11.6. The van der Waals surface area contributed by atoms with Crippen molar-refractivity contribution in [3.8, 4) is 0 Å². The summed E-state index contributed by atoms with van der Waals surface area (Å²) < 4.78 is 0. The molecule has 0 spiro atoms. The van der Waals surface area contributed by atoms with E-state index < -0.39 is 11.2 Å². The second-order valence-corrected chi connectivity index (χ2v) is 7.02. The summed E-state index contributed by atoms with van der Waals surface area (Å²) in [7, 11) is 0. The molecule has 0 aromatic heterocycles. The van der Waals surface area contributed by atoms with Crippen molar-refractivity contribution in [1.82, 2.24) is 10.2 Å². The molecule has 2 rings (SSSR count). The lowest BCUT2D eigenvalue weighted by Gasteiger charge is -2.13. The van der Waals surface area contributed by atoms with Gasteiger partial charge in [0, 0.05) is 24.5 Å². The highest BCUT2D eigenvalue weighted by Crippen LogP contribution is 2.31. The maximum Gasteiger partial charge on any atom is 0.305 e. The molecule has 9 heteroatoms. The highest BCUT2D eigenvalue weighted by atomic mass is 35.5. The van der Waals surface area contributed by atoms with Gasteiger partial charge in [0.05, 0.1) is 12.1 Å². The molecule has 0 aliphatic carbocycles. The molecule has 0 saturated carbocycles. The van der Waals surface area contributed by atoms with E-state index in [1.807, 2.05) is 0 Å². The van der Waals surface area contributed by atoms with Crippen LogP contribution in [0.4, 0.5) is 5.69 Å². The van der Waals surface area contributed by atoms with Gasteiger partial charge < -0.3 is 10.4 Å². The quantitative estimate of drug-likeness (QED) is 0.658. The predicted octanol–water partition coefficient (Wildman–Crippen LogP) is 2.44. The number of thioether (sulfide) groups is 1. The van der Waals surface area contributed by atoms with E-state index in [0.29, 0.717) is 15.9 Å². The molecule has 26 heavy (non-hydrogen) atoms. The zero-order chi connectivity index (χ0) is 19.1. The average molecular weight is 396 g/mol. The Balaban J connectivity index is 2.07. The van der Waals surface area contributed by atoms with Crippen molar-refractivity contribution in [3.63, 3.8) is 0 Å². The van der Waals surface area contributed by atoms with Gasteiger partial charge >= 0.3 is 5.97 Å². The standard InChI is InChI=1S/C17H18ClN3O4S/c1-2-9-21-16(25)13(10-14(22)19-8-7-15(23)24)26-17(21)20-12-5-3-11(18)4-6-12/h2-6,13H,1,7-10H2,(H,19,22)(H,23,24). The monoisotopic (exact) mass is 395 g/mol. The van der Waals surface area contributed by atoms with Gasteiger partial charge in [0.1, 0.15) is 5.25 Å². The van der Waals surface area contributed by atoms with E-state index in [9.17, 15) is 14.4 Å². The summed E-state index contributed by atoms with van der Waals surface area (Å²) in [6, 6.07) is 6.87. The van der Waals surface area contributed by atoms with Crippen molar-refractivity contribution >= 4 is 52.0 Å². The Hall–Kier alpha value is -2.32. The number of rotatable bonds is 8. The third-order valence-corrected chi connectivity index (χ3v) is 4.84. The zero-order valence-electron chi connectivity index (χ0n) is 13.9. The number of amidine groups is 1. The van der Waals surface area contributed by atoms with Crippen LogP contribution in [0.5, 0.6) is 0 Å². The largest absolute Gasteiger partial charge is 0.481 e. The van der Waals surface area contributed by atoms with Gasteiger partial charge in [-0.05, 0) is 24.3 Å². The number of aliphatic carboxylic acids is 1. The molecule has 0 radical (unpaired) electrons. The van der Waals surface area contributed by atoms with Crippen molar-refractivity contribution in [2.75, 3.05) is 13.1 Å². The van der Waals surface area contributed by atoms with Crippen molar-refractivity contribution < 1.29 is 19.5 Å². The number of halogens is 1. The van der Waals surface area contributed by atoms with Gasteiger partial charge in [0.2, 0.25) is 11.8 Å². The first kappa shape index (κ1) is 20.0. The second-order valence-electron chi connectivity index (χ2n) is 5.41. The van der Waals surface area contributed by atoms with E-state index in [2.05, 4.69) is 16.9 Å². The molecule has 0 bridgehead atoms. The Kier molecular flexibility index (Phi) is 7.23. The zero-order valence-corrected chi connectivity index (χ0v) is 15.4. The van der Waals surface area contributed by atoms with Crippen molar-refractivity contribution in [1.29, 1.82) is 0 Å². The summed E-state index contributed by atoms with van der Waals surface area (Å²) >= 11 is 7.06. The van der Waals surface area contributed by atoms with Gasteiger partial charge in [0.25, 0.3) is 0 Å². The number of benzene rings is 1. The summed E-state index contributed by atoms with van der Waals surface area (Å²) in [6.45, 7) is 3.96. The van der Waals surface area contributed by atoms with Gasteiger partial charge in [-0.2, -0.15) is 0 Å². The first-order valence-corrected chi connectivity index (χ1v) is 9.08. The van der Waals surface area contributed by atoms with E-state index in [4.69, 9.17) is 16.7 Å². The Morgan fingerprint density at radius 2 is 2.08 bits per heavy atom. The number of carbonyl (C=O) groups is 3. The minimum absolute atomic E-state index is 0.0296. The molecule has 1 saturated heterocycles. The van der Waals surface area contributed by atoms with Crippen LogP contribution in [-0.4, -0.2) is 51.3 Å². The third-order valence-electron chi connectivity index (χ3n) is 3.41. The molecular weight excluding hydrogens is 378 g/mol. The van der Waals surface area contributed by atoms with Crippen LogP contribution in [0.25, 0.3) is 0 Å². The number of carboxylic acids is 1. The van der Waals surface area contributed by atoms with Gasteiger partial charge in [0.15, 0.2) is 5.17 Å². The molecule has 1 aliphatic heterocycles. The molecule has 1 heterocycles. The number of nitrogens with zero attached hydrogens (tertiary/aromatic N) is 2. The molecule has 2 N–H and O–H groups in total. The van der Waals surface area contributed by atoms with Crippen LogP contribution in [0, 0.1) is 0 Å². The van der Waals surface area contributed by atoms with Gasteiger partial charge in [-0.3, -0.25) is 19.3 Å². The van der Waals surface area contributed by atoms with Gasteiger partial charge in [-0.25, -0.2) is 4.99 Å². The van der Waals surface area contributed by atoms with Crippen LogP contribution >= 0.6 is 23.4 Å². The highest BCUT2D eigenvalue weighted by Gasteiger charge is 2.38. The number of carboxylic acid groups (broad SMARTS) is 1.